The van der Waals surface area contributed by atoms with Gasteiger partial charge in [0.15, 0.2) is 0 Å². The second kappa shape index (κ2) is 3.45. The van der Waals surface area contributed by atoms with Crippen molar-refractivity contribution in [3.63, 3.8) is 0 Å². The Morgan fingerprint density at radius 2 is 1.88 bits per heavy atom. The average Bonchev–Trinajstić information content (AvgIpc) is 2.73. The molecule has 2 nitrogen and oxygen atoms in total. The van der Waals surface area contributed by atoms with Crippen LogP contribution in [0.4, 0.5) is 4.39 Å². The number of benzene rings is 1. The SMILES string of the molecule is Fc1ccc(-c2cc3cnccc3[nH]2)cc1. The topological polar surface area (TPSA) is 28.7 Å². The lowest BCUT2D eigenvalue weighted by Gasteiger charge is -1.96. The average molecular weight is 212 g/mol. The van der Waals surface area contributed by atoms with Gasteiger partial charge in [0.05, 0.1) is 0 Å². The lowest BCUT2D eigenvalue weighted by molar-refractivity contribution is 0.628. The molecule has 0 unspecified atom stereocenters. The number of rotatable bonds is 1. The summed E-state index contributed by atoms with van der Waals surface area (Å²) in [5.74, 6) is -0.221. The highest BCUT2D eigenvalue weighted by molar-refractivity contribution is 5.84. The molecule has 0 aliphatic rings. The Hall–Kier alpha value is -2.16. The van der Waals surface area contributed by atoms with Crippen LogP contribution in [-0.4, -0.2) is 9.97 Å². The Labute approximate surface area is 91.8 Å². The molecule has 2 heterocycles. The first-order chi connectivity index (χ1) is 7.83. The quantitative estimate of drug-likeness (QED) is 0.658. The molecular weight excluding hydrogens is 203 g/mol. The molecule has 0 bridgehead atoms. The number of fused-ring (bicyclic) bond motifs is 1. The summed E-state index contributed by atoms with van der Waals surface area (Å²) in [4.78, 5) is 7.32. The minimum absolute atomic E-state index is 0.221. The number of nitrogens with zero attached hydrogens (tertiary/aromatic N) is 1. The normalized spacial score (nSPS) is 10.8. The van der Waals surface area contributed by atoms with Crippen LogP contribution in [0.2, 0.25) is 0 Å². The third-order valence-electron chi connectivity index (χ3n) is 2.58. The van der Waals surface area contributed by atoms with Crippen LogP contribution in [0.1, 0.15) is 0 Å². The molecule has 16 heavy (non-hydrogen) atoms. The monoisotopic (exact) mass is 212 g/mol. The van der Waals surface area contributed by atoms with Gasteiger partial charge in [-0.15, -0.1) is 0 Å². The van der Waals surface area contributed by atoms with Gasteiger partial charge in [-0.05, 0) is 42.0 Å². The predicted molar refractivity (Wildman–Crippen MR) is 61.5 cm³/mol. The Morgan fingerprint density at radius 3 is 2.62 bits per heavy atom. The summed E-state index contributed by atoms with van der Waals surface area (Å²) < 4.78 is 12.8. The van der Waals surface area contributed by atoms with E-state index in [2.05, 4.69) is 9.97 Å². The van der Waals surface area contributed by atoms with E-state index in [0.717, 1.165) is 22.2 Å². The third-order valence-corrected chi connectivity index (χ3v) is 2.58. The highest BCUT2D eigenvalue weighted by atomic mass is 19.1. The van der Waals surface area contributed by atoms with Crippen molar-refractivity contribution >= 4 is 10.9 Å². The fourth-order valence-electron chi connectivity index (χ4n) is 1.76. The van der Waals surface area contributed by atoms with Crippen LogP contribution in [0.3, 0.4) is 0 Å². The van der Waals surface area contributed by atoms with Gasteiger partial charge in [0, 0.05) is 29.0 Å². The van der Waals surface area contributed by atoms with Crippen molar-refractivity contribution in [2.45, 2.75) is 0 Å². The first kappa shape index (κ1) is 9.09. The van der Waals surface area contributed by atoms with E-state index in [-0.39, 0.29) is 5.82 Å². The van der Waals surface area contributed by atoms with Gasteiger partial charge in [-0.25, -0.2) is 4.39 Å². The second-order valence-electron chi connectivity index (χ2n) is 3.65. The standard InChI is InChI=1S/C13H9FN2/c14-11-3-1-9(2-4-11)13-7-10-8-15-6-5-12(10)16-13/h1-8,16H. The number of pyridine rings is 1. The molecule has 3 heteroatoms. The maximum atomic E-state index is 12.8. The number of nitrogens with one attached hydrogen (secondary N) is 1. The van der Waals surface area contributed by atoms with Gasteiger partial charge in [0.25, 0.3) is 0 Å². The summed E-state index contributed by atoms with van der Waals surface area (Å²) in [6.45, 7) is 0. The highest BCUT2D eigenvalue weighted by Crippen LogP contribution is 2.23. The summed E-state index contributed by atoms with van der Waals surface area (Å²) in [5.41, 5.74) is 2.98. The fourth-order valence-corrected chi connectivity index (χ4v) is 1.76. The van der Waals surface area contributed by atoms with Crippen LogP contribution in [0, 0.1) is 5.82 Å². The number of hydrogen-bond acceptors (Lipinski definition) is 1. The highest BCUT2D eigenvalue weighted by Gasteiger charge is 2.02. The Kier molecular flexibility index (Phi) is 1.96. The molecule has 0 saturated carbocycles. The lowest BCUT2D eigenvalue weighted by Crippen LogP contribution is -1.77. The van der Waals surface area contributed by atoms with Crippen molar-refractivity contribution in [1.29, 1.82) is 0 Å². The van der Waals surface area contributed by atoms with Gasteiger partial charge in [0.1, 0.15) is 5.82 Å². The Bertz CT molecular complexity index is 593. The van der Waals surface area contributed by atoms with Crippen molar-refractivity contribution in [3.8, 4) is 11.3 Å². The van der Waals surface area contributed by atoms with E-state index in [9.17, 15) is 4.39 Å². The third kappa shape index (κ3) is 1.46. The summed E-state index contributed by atoms with van der Waals surface area (Å²) in [6.07, 6.45) is 3.55. The van der Waals surface area contributed by atoms with Crippen LogP contribution in [-0.2, 0) is 0 Å². The molecule has 1 aromatic carbocycles. The van der Waals surface area contributed by atoms with Gasteiger partial charge >= 0.3 is 0 Å². The molecule has 0 atom stereocenters. The van der Waals surface area contributed by atoms with Crippen LogP contribution in [0.15, 0.2) is 48.8 Å². The van der Waals surface area contributed by atoms with E-state index >= 15 is 0 Å². The molecule has 1 N–H and O–H groups in total. The van der Waals surface area contributed by atoms with Crippen LogP contribution in [0.5, 0.6) is 0 Å². The fraction of sp³-hybridized carbons (Fsp3) is 0. The number of hydrogen-bond donors (Lipinski definition) is 1. The van der Waals surface area contributed by atoms with Crippen molar-refractivity contribution in [2.24, 2.45) is 0 Å². The Morgan fingerprint density at radius 1 is 1.06 bits per heavy atom. The van der Waals surface area contributed by atoms with Crippen molar-refractivity contribution in [1.82, 2.24) is 9.97 Å². The van der Waals surface area contributed by atoms with Gasteiger partial charge in [-0.1, -0.05) is 0 Å². The minimum Gasteiger partial charge on any atom is -0.354 e. The lowest BCUT2D eigenvalue weighted by atomic mass is 10.1. The first-order valence-electron chi connectivity index (χ1n) is 5.01. The molecule has 0 amide bonds. The zero-order valence-corrected chi connectivity index (χ0v) is 8.44. The molecule has 0 fully saturated rings. The summed E-state index contributed by atoms with van der Waals surface area (Å²) >= 11 is 0. The maximum absolute atomic E-state index is 12.8. The Balaban J connectivity index is 2.15. The molecule has 2 aromatic heterocycles. The summed E-state index contributed by atoms with van der Waals surface area (Å²) in [6, 6.07) is 10.4. The minimum atomic E-state index is -0.221. The van der Waals surface area contributed by atoms with Gasteiger partial charge < -0.3 is 4.98 Å². The predicted octanol–water partition coefficient (Wildman–Crippen LogP) is 3.37. The van der Waals surface area contributed by atoms with Gasteiger partial charge in [0.2, 0.25) is 0 Å². The largest absolute Gasteiger partial charge is 0.354 e. The molecule has 0 spiro atoms. The zero-order chi connectivity index (χ0) is 11.0. The summed E-state index contributed by atoms with van der Waals surface area (Å²) in [7, 11) is 0. The molecular formula is C13H9FN2. The maximum Gasteiger partial charge on any atom is 0.123 e. The first-order valence-corrected chi connectivity index (χ1v) is 5.01. The van der Waals surface area contributed by atoms with Gasteiger partial charge in [-0.3, -0.25) is 4.98 Å². The molecule has 3 aromatic rings. The van der Waals surface area contributed by atoms with E-state index in [0.29, 0.717) is 0 Å². The van der Waals surface area contributed by atoms with Crippen molar-refractivity contribution in [2.75, 3.05) is 0 Å². The molecule has 78 valence electrons. The number of aromatic amines is 1. The van der Waals surface area contributed by atoms with E-state index < -0.39 is 0 Å². The van der Waals surface area contributed by atoms with E-state index in [4.69, 9.17) is 0 Å². The second-order valence-corrected chi connectivity index (χ2v) is 3.65. The molecule has 0 radical (unpaired) electrons. The number of H-pyrrole nitrogens is 1. The van der Waals surface area contributed by atoms with Crippen LogP contribution < -0.4 is 0 Å². The van der Waals surface area contributed by atoms with Crippen molar-refractivity contribution < 1.29 is 4.39 Å². The smallest absolute Gasteiger partial charge is 0.123 e. The number of aromatic nitrogens is 2. The van der Waals surface area contributed by atoms with Crippen LogP contribution >= 0.6 is 0 Å². The van der Waals surface area contributed by atoms with Gasteiger partial charge in [-0.2, -0.15) is 0 Å². The molecule has 0 aliphatic heterocycles. The molecule has 0 aliphatic carbocycles. The molecule has 3 rings (SSSR count). The van der Waals surface area contributed by atoms with Crippen LogP contribution in [0.25, 0.3) is 22.2 Å². The summed E-state index contributed by atoms with van der Waals surface area (Å²) in [5, 5.41) is 1.06. The zero-order valence-electron chi connectivity index (χ0n) is 8.44. The van der Waals surface area contributed by atoms with E-state index in [1.807, 2.05) is 12.1 Å². The molecule has 0 saturated heterocycles. The van der Waals surface area contributed by atoms with Crippen molar-refractivity contribution in [3.05, 3.63) is 54.6 Å². The van der Waals surface area contributed by atoms with E-state index in [1.54, 1.807) is 24.5 Å². The number of halogens is 1. The van der Waals surface area contributed by atoms with E-state index in [1.165, 1.54) is 12.1 Å².